The molecule has 0 aliphatic heterocycles. The lowest BCUT2D eigenvalue weighted by atomic mass is 10.4. The fraction of sp³-hybridized carbons (Fsp3) is 0.571. The van der Waals surface area contributed by atoms with Gasteiger partial charge >= 0.3 is 0 Å². The largest absolute Gasteiger partial charge is 0.285 e. The zero-order chi connectivity index (χ0) is 9.14. The average Bonchev–Trinajstić information content (AvgIpc) is 2.26. The van der Waals surface area contributed by atoms with E-state index in [1.54, 1.807) is 9.69 Å². The van der Waals surface area contributed by atoms with E-state index in [4.69, 9.17) is 0 Å². The molecule has 0 bridgehead atoms. The zero-order valence-corrected chi connectivity index (χ0v) is 7.81. The molecule has 0 saturated heterocycles. The van der Waals surface area contributed by atoms with Crippen molar-refractivity contribution in [2.45, 2.75) is 6.92 Å². The molecule has 66 valence electrons. The molecule has 1 heterocycles. The van der Waals surface area contributed by atoms with Crippen LogP contribution in [0.1, 0.15) is 5.69 Å². The second kappa shape index (κ2) is 3.34. The maximum absolute atomic E-state index is 4.13. The van der Waals surface area contributed by atoms with Crippen LogP contribution < -0.4 is 0 Å². The van der Waals surface area contributed by atoms with Gasteiger partial charge in [-0.2, -0.15) is 5.10 Å². The maximum Gasteiger partial charge on any atom is 0.128 e. The van der Waals surface area contributed by atoms with E-state index in [0.717, 1.165) is 11.4 Å². The van der Waals surface area contributed by atoms with Crippen molar-refractivity contribution in [2.75, 3.05) is 14.1 Å². The van der Waals surface area contributed by atoms with Gasteiger partial charge in [0, 0.05) is 21.1 Å². The van der Waals surface area contributed by atoms with Crippen LogP contribution in [0.5, 0.6) is 0 Å². The summed E-state index contributed by atoms with van der Waals surface area (Å²) < 4.78 is 1.72. The molecule has 0 aliphatic carbocycles. The lowest BCUT2D eigenvalue weighted by Gasteiger charge is -1.98. The van der Waals surface area contributed by atoms with Gasteiger partial charge in [0.05, 0.1) is 11.9 Å². The van der Waals surface area contributed by atoms with Crippen LogP contribution in [-0.4, -0.2) is 28.9 Å². The Labute approximate surface area is 71.7 Å². The summed E-state index contributed by atoms with van der Waals surface area (Å²) in [5.41, 5.74) is 1.70. The van der Waals surface area contributed by atoms with Crippen LogP contribution in [0.3, 0.4) is 0 Å². The molecule has 0 amide bonds. The molecule has 0 atom stereocenters. The van der Waals surface area contributed by atoms with Crippen molar-refractivity contribution < 1.29 is 0 Å². The first-order valence-corrected chi connectivity index (χ1v) is 3.69. The van der Waals surface area contributed by atoms with E-state index in [-0.39, 0.29) is 0 Å². The predicted octanol–water partition coefficient (Wildman–Crippen LogP) is 1.29. The SMILES string of the molecule is Cc1nn(C)cc1N=NN(C)C. The first kappa shape index (κ1) is 8.70. The number of hydrogen-bond acceptors (Lipinski definition) is 3. The summed E-state index contributed by atoms with van der Waals surface area (Å²) in [6.45, 7) is 1.91. The molecule has 1 aromatic rings. The van der Waals surface area contributed by atoms with Crippen LogP contribution in [-0.2, 0) is 7.05 Å². The lowest BCUT2D eigenvalue weighted by Crippen LogP contribution is -1.98. The van der Waals surface area contributed by atoms with Crippen LogP contribution >= 0.6 is 0 Å². The van der Waals surface area contributed by atoms with E-state index in [1.807, 2.05) is 34.3 Å². The van der Waals surface area contributed by atoms with Crippen LogP contribution in [0.2, 0.25) is 0 Å². The summed E-state index contributed by atoms with van der Waals surface area (Å²) in [4.78, 5) is 0. The Hall–Kier alpha value is -1.39. The minimum absolute atomic E-state index is 0.811. The summed E-state index contributed by atoms with van der Waals surface area (Å²) in [6.07, 6.45) is 1.84. The Balaban J connectivity index is 2.81. The zero-order valence-electron chi connectivity index (χ0n) is 7.81. The molecule has 5 heteroatoms. The number of hydrogen-bond donors (Lipinski definition) is 0. The van der Waals surface area contributed by atoms with Gasteiger partial charge in [-0.1, -0.05) is 5.22 Å². The highest BCUT2D eigenvalue weighted by molar-refractivity contribution is 5.37. The van der Waals surface area contributed by atoms with Crippen LogP contribution in [0.15, 0.2) is 16.5 Å². The molecule has 0 unspecified atom stereocenters. The van der Waals surface area contributed by atoms with Gasteiger partial charge in [0.1, 0.15) is 5.69 Å². The van der Waals surface area contributed by atoms with E-state index in [0.29, 0.717) is 0 Å². The van der Waals surface area contributed by atoms with Crippen molar-refractivity contribution in [2.24, 2.45) is 17.4 Å². The second-order valence-corrected chi connectivity index (χ2v) is 2.81. The Morgan fingerprint density at radius 3 is 2.58 bits per heavy atom. The fourth-order valence-electron chi connectivity index (χ4n) is 0.823. The fourth-order valence-corrected chi connectivity index (χ4v) is 0.823. The molecule has 0 aromatic carbocycles. The van der Waals surface area contributed by atoms with E-state index < -0.39 is 0 Å². The number of rotatable bonds is 2. The van der Waals surface area contributed by atoms with Crippen molar-refractivity contribution in [3.8, 4) is 0 Å². The summed E-state index contributed by atoms with van der Waals surface area (Å²) in [6, 6.07) is 0. The first-order valence-electron chi connectivity index (χ1n) is 3.69. The Kier molecular flexibility index (Phi) is 2.42. The predicted molar refractivity (Wildman–Crippen MR) is 46.1 cm³/mol. The molecule has 1 aromatic heterocycles. The van der Waals surface area contributed by atoms with Crippen molar-refractivity contribution in [1.82, 2.24) is 14.8 Å². The van der Waals surface area contributed by atoms with Crippen molar-refractivity contribution in [3.63, 3.8) is 0 Å². The van der Waals surface area contributed by atoms with Gasteiger partial charge in [0.25, 0.3) is 0 Å². The van der Waals surface area contributed by atoms with E-state index in [2.05, 4.69) is 15.4 Å². The van der Waals surface area contributed by atoms with Crippen molar-refractivity contribution >= 4 is 5.69 Å². The average molecular weight is 167 g/mol. The summed E-state index contributed by atoms with van der Waals surface area (Å²) >= 11 is 0. The molecule has 0 spiro atoms. The van der Waals surface area contributed by atoms with E-state index in [1.165, 1.54) is 0 Å². The smallest absolute Gasteiger partial charge is 0.128 e. The minimum Gasteiger partial charge on any atom is -0.285 e. The van der Waals surface area contributed by atoms with Gasteiger partial charge in [-0.05, 0) is 6.92 Å². The van der Waals surface area contributed by atoms with Crippen LogP contribution in [0, 0.1) is 6.92 Å². The van der Waals surface area contributed by atoms with Gasteiger partial charge in [-0.3, -0.25) is 9.69 Å². The highest BCUT2D eigenvalue weighted by Gasteiger charge is 1.99. The Morgan fingerprint density at radius 1 is 1.50 bits per heavy atom. The minimum atomic E-state index is 0.811. The third kappa shape index (κ3) is 2.05. The molecule has 1 rings (SSSR count). The number of nitrogens with zero attached hydrogens (tertiary/aromatic N) is 5. The number of aryl methyl sites for hydroxylation is 2. The van der Waals surface area contributed by atoms with Crippen LogP contribution in [0.25, 0.3) is 0 Å². The quantitative estimate of drug-likeness (QED) is 0.492. The van der Waals surface area contributed by atoms with Gasteiger partial charge in [-0.15, -0.1) is 5.11 Å². The van der Waals surface area contributed by atoms with E-state index >= 15 is 0 Å². The summed E-state index contributed by atoms with van der Waals surface area (Å²) in [5, 5.41) is 13.6. The molecule has 12 heavy (non-hydrogen) atoms. The topological polar surface area (TPSA) is 45.8 Å². The molecule has 5 nitrogen and oxygen atoms in total. The molecule has 0 radical (unpaired) electrons. The Bertz CT molecular complexity index is 286. The Morgan fingerprint density at radius 2 is 2.17 bits per heavy atom. The first-order chi connectivity index (χ1) is 5.59. The third-order valence-electron chi connectivity index (χ3n) is 1.32. The molecular formula is C7H13N5. The van der Waals surface area contributed by atoms with Gasteiger partial charge in [0.2, 0.25) is 0 Å². The van der Waals surface area contributed by atoms with E-state index in [9.17, 15) is 0 Å². The van der Waals surface area contributed by atoms with Gasteiger partial charge in [0.15, 0.2) is 0 Å². The molecule has 0 fully saturated rings. The van der Waals surface area contributed by atoms with Crippen molar-refractivity contribution in [1.29, 1.82) is 0 Å². The molecule has 0 saturated carbocycles. The lowest BCUT2D eigenvalue weighted by molar-refractivity contribution is 0.408. The summed E-state index contributed by atoms with van der Waals surface area (Å²) in [7, 11) is 5.52. The number of aromatic nitrogens is 2. The molecule has 0 N–H and O–H groups in total. The second-order valence-electron chi connectivity index (χ2n) is 2.81. The van der Waals surface area contributed by atoms with Crippen molar-refractivity contribution in [3.05, 3.63) is 11.9 Å². The standard InChI is InChI=1S/C7H13N5/c1-6-7(5-12(4)9-6)8-10-11(2)3/h5H,1-4H3. The molecular weight excluding hydrogens is 154 g/mol. The van der Waals surface area contributed by atoms with Gasteiger partial charge in [-0.25, -0.2) is 0 Å². The normalized spacial score (nSPS) is 11.0. The molecule has 0 aliphatic rings. The van der Waals surface area contributed by atoms with Gasteiger partial charge < -0.3 is 0 Å². The third-order valence-corrected chi connectivity index (χ3v) is 1.32. The highest BCUT2D eigenvalue weighted by Crippen LogP contribution is 2.15. The maximum atomic E-state index is 4.13. The summed E-state index contributed by atoms with van der Waals surface area (Å²) in [5.74, 6) is 0. The monoisotopic (exact) mass is 167 g/mol. The van der Waals surface area contributed by atoms with Crippen LogP contribution in [0.4, 0.5) is 5.69 Å². The highest BCUT2D eigenvalue weighted by atomic mass is 15.5.